The van der Waals surface area contributed by atoms with Crippen LogP contribution < -0.4 is 10.6 Å². The van der Waals surface area contributed by atoms with Crippen LogP contribution in [0.15, 0.2) is 66.5 Å². The maximum absolute atomic E-state index is 12.4. The quantitative estimate of drug-likeness (QED) is 0.186. The summed E-state index contributed by atoms with van der Waals surface area (Å²) in [6, 6.07) is 4.31. The van der Waals surface area contributed by atoms with Crippen LogP contribution in [0, 0.1) is 12.7 Å². The average molecular weight is 560 g/mol. The van der Waals surface area contributed by atoms with E-state index >= 15 is 0 Å². The van der Waals surface area contributed by atoms with E-state index in [-0.39, 0.29) is 5.02 Å². The van der Waals surface area contributed by atoms with Crippen molar-refractivity contribution in [3.8, 4) is 0 Å². The van der Waals surface area contributed by atoms with Crippen LogP contribution in [0.5, 0.6) is 0 Å². The topological polar surface area (TPSA) is 87.2 Å². The summed E-state index contributed by atoms with van der Waals surface area (Å²) in [5, 5.41) is 5.68. The minimum Gasteiger partial charge on any atom is -0.353 e. The molecule has 0 fully saturated rings. The Labute approximate surface area is 238 Å². The second-order valence-electron chi connectivity index (χ2n) is 8.66. The van der Waals surface area contributed by atoms with Crippen molar-refractivity contribution in [3.63, 3.8) is 0 Å². The molecule has 0 spiro atoms. The number of hydrogen-bond donors (Lipinski definition) is 2. The lowest BCUT2D eigenvalue weighted by Gasteiger charge is -2.29. The standard InChI is InChI=1S/C16H30N2.C7H4ClFO.C7H9N3O/c1-7-9-11-14(3)15(4)16(5)18(8-2)13-10-12-17-6;8-6-3-5(4-10)1-2-7(6)9;1-6-2-10-7(4-9-6)3-8-5-11/h7,9,11,16-17H,1,8,10,12-13H2,2-6H3;1-4H;2,4-5H,3H2,1H3,(H,8,11)/b11-9-,15-14+;;. The van der Waals surface area contributed by atoms with E-state index in [1.807, 2.05) is 26.1 Å². The van der Waals surface area contributed by atoms with E-state index in [4.69, 9.17) is 11.6 Å². The Hall–Kier alpha value is -3.20. The lowest BCUT2D eigenvalue weighted by molar-refractivity contribution is -0.109. The molecule has 7 nitrogen and oxygen atoms in total. The van der Waals surface area contributed by atoms with Crippen LogP contribution in [0.4, 0.5) is 4.39 Å². The van der Waals surface area contributed by atoms with E-state index in [9.17, 15) is 14.0 Å². The number of aryl methyl sites for hydroxylation is 1. The molecular formula is C30H43ClFN5O2. The summed E-state index contributed by atoms with van der Waals surface area (Å²) in [4.78, 5) is 30.5. The molecule has 0 aliphatic carbocycles. The first-order valence-electron chi connectivity index (χ1n) is 12.8. The highest BCUT2D eigenvalue weighted by Gasteiger charge is 2.14. The summed E-state index contributed by atoms with van der Waals surface area (Å²) in [5.74, 6) is -0.507. The molecule has 0 radical (unpaired) electrons. The molecule has 0 aliphatic heterocycles. The molecule has 9 heteroatoms. The first-order valence-corrected chi connectivity index (χ1v) is 13.2. The Morgan fingerprint density at radius 1 is 1.23 bits per heavy atom. The molecule has 1 amide bonds. The van der Waals surface area contributed by atoms with Gasteiger partial charge in [0, 0.05) is 17.8 Å². The van der Waals surface area contributed by atoms with Crippen LogP contribution in [0.3, 0.4) is 0 Å². The second kappa shape index (κ2) is 21.7. The predicted octanol–water partition coefficient (Wildman–Crippen LogP) is 5.71. The van der Waals surface area contributed by atoms with E-state index in [1.54, 1.807) is 12.4 Å². The fourth-order valence-corrected chi connectivity index (χ4v) is 3.46. The number of aromatic nitrogens is 2. The molecule has 214 valence electrons. The summed E-state index contributed by atoms with van der Waals surface area (Å²) in [5.41, 5.74) is 4.81. The van der Waals surface area contributed by atoms with Crippen LogP contribution in [-0.4, -0.2) is 60.3 Å². The maximum atomic E-state index is 12.4. The Morgan fingerprint density at radius 2 is 1.95 bits per heavy atom. The van der Waals surface area contributed by atoms with Crippen molar-refractivity contribution < 1.29 is 14.0 Å². The van der Waals surface area contributed by atoms with Gasteiger partial charge in [0.15, 0.2) is 0 Å². The molecule has 1 heterocycles. The van der Waals surface area contributed by atoms with Crippen molar-refractivity contribution in [2.75, 3.05) is 26.7 Å². The molecule has 0 saturated heterocycles. The van der Waals surface area contributed by atoms with Crippen molar-refractivity contribution in [1.82, 2.24) is 25.5 Å². The summed E-state index contributed by atoms with van der Waals surface area (Å²) >= 11 is 5.36. The summed E-state index contributed by atoms with van der Waals surface area (Å²) in [7, 11) is 2.01. The molecule has 1 atom stereocenters. The fraction of sp³-hybridized carbons (Fsp3) is 0.400. The van der Waals surface area contributed by atoms with Gasteiger partial charge in [0.2, 0.25) is 6.41 Å². The monoisotopic (exact) mass is 559 g/mol. The minimum atomic E-state index is -0.507. The van der Waals surface area contributed by atoms with Gasteiger partial charge in [-0.2, -0.15) is 0 Å². The Balaban J connectivity index is 0.000000588. The van der Waals surface area contributed by atoms with Crippen LogP contribution in [-0.2, 0) is 11.3 Å². The number of carbonyl (C=O) groups excluding carboxylic acids is 2. The van der Waals surface area contributed by atoms with Crippen molar-refractivity contribution in [2.24, 2.45) is 0 Å². The molecule has 1 unspecified atom stereocenters. The molecule has 0 bridgehead atoms. The van der Waals surface area contributed by atoms with Gasteiger partial charge in [-0.1, -0.05) is 54.5 Å². The number of halogens is 2. The maximum Gasteiger partial charge on any atom is 0.207 e. The minimum absolute atomic E-state index is 0.0235. The van der Waals surface area contributed by atoms with Gasteiger partial charge in [-0.05, 0) is 79.0 Å². The van der Waals surface area contributed by atoms with Gasteiger partial charge in [-0.25, -0.2) is 4.39 Å². The summed E-state index contributed by atoms with van der Waals surface area (Å²) in [6.07, 6.45) is 11.7. The number of rotatable bonds is 13. The molecule has 2 N–H and O–H groups in total. The van der Waals surface area contributed by atoms with Gasteiger partial charge in [0.1, 0.15) is 12.1 Å². The Morgan fingerprint density at radius 3 is 2.46 bits per heavy atom. The number of aldehydes is 1. The third-order valence-corrected chi connectivity index (χ3v) is 6.13. The van der Waals surface area contributed by atoms with Crippen LogP contribution in [0.2, 0.25) is 5.02 Å². The van der Waals surface area contributed by atoms with Gasteiger partial charge < -0.3 is 10.6 Å². The predicted molar refractivity (Wildman–Crippen MR) is 159 cm³/mol. The van der Waals surface area contributed by atoms with E-state index in [0.29, 0.717) is 30.8 Å². The first kappa shape index (κ1) is 35.8. The molecule has 2 aromatic rings. The van der Waals surface area contributed by atoms with Crippen molar-refractivity contribution in [1.29, 1.82) is 0 Å². The number of allylic oxidation sites excluding steroid dienone is 4. The first-order chi connectivity index (χ1) is 18.6. The lowest BCUT2D eigenvalue weighted by atomic mass is 10.0. The van der Waals surface area contributed by atoms with E-state index in [2.05, 4.69) is 65.9 Å². The molecule has 1 aromatic heterocycles. The van der Waals surface area contributed by atoms with E-state index in [0.717, 1.165) is 37.1 Å². The second-order valence-corrected chi connectivity index (χ2v) is 9.07. The van der Waals surface area contributed by atoms with Crippen molar-refractivity contribution in [3.05, 3.63) is 94.3 Å². The number of carbonyl (C=O) groups is 2. The number of likely N-dealkylation sites (N-methyl/N-ethyl adjacent to an activating group) is 1. The molecule has 0 saturated carbocycles. The van der Waals surface area contributed by atoms with Gasteiger partial charge in [-0.15, -0.1) is 0 Å². The Kier molecular flexibility index (Phi) is 19.9. The zero-order valence-corrected chi connectivity index (χ0v) is 24.8. The van der Waals surface area contributed by atoms with Gasteiger partial charge in [0.05, 0.1) is 29.2 Å². The van der Waals surface area contributed by atoms with Crippen LogP contribution >= 0.6 is 11.6 Å². The largest absolute Gasteiger partial charge is 0.353 e. The highest BCUT2D eigenvalue weighted by molar-refractivity contribution is 6.31. The smallest absolute Gasteiger partial charge is 0.207 e. The zero-order valence-electron chi connectivity index (χ0n) is 24.0. The van der Waals surface area contributed by atoms with Gasteiger partial charge in [0.25, 0.3) is 0 Å². The van der Waals surface area contributed by atoms with Crippen molar-refractivity contribution >= 4 is 24.3 Å². The third-order valence-electron chi connectivity index (χ3n) is 5.84. The number of hydrogen-bond acceptors (Lipinski definition) is 6. The Bertz CT molecular complexity index is 1060. The summed E-state index contributed by atoms with van der Waals surface area (Å²) < 4.78 is 12.4. The normalized spacial score (nSPS) is 11.9. The van der Waals surface area contributed by atoms with Crippen LogP contribution in [0.1, 0.15) is 55.9 Å². The van der Waals surface area contributed by atoms with Gasteiger partial charge in [-0.3, -0.25) is 24.5 Å². The molecule has 0 aliphatic rings. The molecular weight excluding hydrogens is 517 g/mol. The fourth-order valence-electron chi connectivity index (χ4n) is 3.27. The van der Waals surface area contributed by atoms with Crippen molar-refractivity contribution in [2.45, 2.75) is 53.6 Å². The molecule has 39 heavy (non-hydrogen) atoms. The third kappa shape index (κ3) is 15.7. The summed E-state index contributed by atoms with van der Waals surface area (Å²) in [6.45, 7) is 18.3. The highest BCUT2D eigenvalue weighted by atomic mass is 35.5. The molecule has 2 rings (SSSR count). The van der Waals surface area contributed by atoms with Crippen LogP contribution in [0.25, 0.3) is 0 Å². The van der Waals surface area contributed by atoms with E-state index in [1.165, 1.54) is 29.7 Å². The van der Waals surface area contributed by atoms with Gasteiger partial charge >= 0.3 is 0 Å². The zero-order chi connectivity index (χ0) is 29.6. The number of benzene rings is 1. The number of amides is 1. The lowest BCUT2D eigenvalue weighted by Crippen LogP contribution is -2.36. The van der Waals surface area contributed by atoms with E-state index < -0.39 is 5.82 Å². The SMILES string of the molecule is C=C/C=C\C(C)=C(/C)C(C)N(CC)CCCNC.Cc1cnc(CNC=O)cn1.O=Cc1ccc(F)c(Cl)c1. The average Bonchev–Trinajstić information content (AvgIpc) is 2.95. The number of nitrogens with one attached hydrogen (secondary N) is 2. The molecule has 1 aromatic carbocycles. The highest BCUT2D eigenvalue weighted by Crippen LogP contribution is 2.16. The number of nitrogens with zero attached hydrogens (tertiary/aromatic N) is 3.